The number of esters is 1. The van der Waals surface area contributed by atoms with E-state index in [0.717, 1.165) is 22.3 Å². The van der Waals surface area contributed by atoms with Crippen molar-refractivity contribution in [3.8, 4) is 11.1 Å². The molecule has 2 atom stereocenters. The number of benzene rings is 2. The van der Waals surface area contributed by atoms with Gasteiger partial charge in [-0.25, -0.2) is 26.7 Å². The van der Waals surface area contributed by atoms with Crippen LogP contribution in [0, 0.1) is 0 Å². The number of hydrogen-bond acceptors (Lipinski definition) is 3. The van der Waals surface area contributed by atoms with Gasteiger partial charge in [0.2, 0.25) is 6.17 Å². The smallest absolute Gasteiger partial charge is 0.349 e. The lowest BCUT2D eigenvalue weighted by atomic mass is 9.90. The summed E-state index contributed by atoms with van der Waals surface area (Å²) >= 11 is 0. The summed E-state index contributed by atoms with van der Waals surface area (Å²) in [6, 6.07) is 12.7. The molecule has 0 amide bonds. The highest BCUT2D eigenvalue weighted by Crippen LogP contribution is 2.43. The number of fused-ring (bicyclic) bond motifs is 3. The second-order valence-electron chi connectivity index (χ2n) is 6.77. The molecular formula is C21H13F5O3. The summed E-state index contributed by atoms with van der Waals surface area (Å²) in [5.74, 6) is -11.8. The molecule has 0 fully saturated rings. The van der Waals surface area contributed by atoms with Crippen LogP contribution in [0.3, 0.4) is 0 Å². The summed E-state index contributed by atoms with van der Waals surface area (Å²) in [6.45, 7) is -0.506. The monoisotopic (exact) mass is 408 g/mol. The predicted molar refractivity (Wildman–Crippen MR) is 92.8 cm³/mol. The van der Waals surface area contributed by atoms with Gasteiger partial charge in [-0.3, -0.25) is 0 Å². The van der Waals surface area contributed by atoms with E-state index in [-0.39, 0.29) is 0 Å². The van der Waals surface area contributed by atoms with Crippen molar-refractivity contribution in [1.29, 1.82) is 0 Å². The van der Waals surface area contributed by atoms with Crippen molar-refractivity contribution >= 4 is 5.97 Å². The normalized spacial score (nSPS) is 23.2. The topological polar surface area (TPSA) is 46.5 Å². The highest BCUT2D eigenvalue weighted by Gasteiger charge is 2.58. The zero-order valence-electron chi connectivity index (χ0n) is 14.7. The SMILES string of the molecule is O=C(OCc1cccc2c1Cc1ccccc1-2)C1(O)C(F)=C(F)C(F)=C(F)C1F. The van der Waals surface area contributed by atoms with Crippen LogP contribution in [-0.2, 0) is 22.6 Å². The predicted octanol–water partition coefficient (Wildman–Crippen LogP) is 4.69. The molecule has 0 spiro atoms. The Labute approximate surface area is 161 Å². The zero-order valence-corrected chi connectivity index (χ0v) is 14.7. The maximum atomic E-state index is 14.0. The number of halogens is 5. The first-order chi connectivity index (χ1) is 13.8. The molecule has 2 unspecified atom stereocenters. The van der Waals surface area contributed by atoms with Gasteiger partial charge in [0, 0.05) is 0 Å². The van der Waals surface area contributed by atoms with Gasteiger partial charge in [-0.05, 0) is 34.2 Å². The summed E-state index contributed by atoms with van der Waals surface area (Å²) in [4.78, 5) is 12.2. The molecule has 0 saturated carbocycles. The molecule has 4 rings (SSSR count). The van der Waals surface area contributed by atoms with Crippen LogP contribution in [0.5, 0.6) is 0 Å². The summed E-state index contributed by atoms with van der Waals surface area (Å²) < 4.78 is 72.8. The second-order valence-corrected chi connectivity index (χ2v) is 6.77. The van der Waals surface area contributed by atoms with Crippen LogP contribution in [-0.4, -0.2) is 22.8 Å². The van der Waals surface area contributed by atoms with Gasteiger partial charge < -0.3 is 9.84 Å². The first-order valence-electron chi connectivity index (χ1n) is 8.60. The van der Waals surface area contributed by atoms with Gasteiger partial charge in [-0.2, -0.15) is 0 Å². The Morgan fingerprint density at radius 2 is 1.72 bits per heavy atom. The maximum Gasteiger partial charge on any atom is 0.349 e. The van der Waals surface area contributed by atoms with E-state index in [4.69, 9.17) is 4.74 Å². The third-order valence-corrected chi connectivity index (χ3v) is 5.14. The van der Waals surface area contributed by atoms with Gasteiger partial charge in [0.15, 0.2) is 23.3 Å². The molecule has 0 heterocycles. The van der Waals surface area contributed by atoms with Gasteiger partial charge >= 0.3 is 5.97 Å². The molecule has 150 valence electrons. The summed E-state index contributed by atoms with van der Waals surface area (Å²) in [6.07, 6.45) is -2.94. The lowest BCUT2D eigenvalue weighted by Crippen LogP contribution is -2.51. The molecule has 2 aromatic rings. The molecule has 0 saturated heterocycles. The largest absolute Gasteiger partial charge is 0.458 e. The van der Waals surface area contributed by atoms with E-state index in [1.165, 1.54) is 0 Å². The first kappa shape index (κ1) is 19.3. The molecule has 1 N–H and O–H groups in total. The number of aliphatic hydroxyl groups is 1. The number of rotatable bonds is 3. The van der Waals surface area contributed by atoms with E-state index >= 15 is 0 Å². The molecule has 8 heteroatoms. The van der Waals surface area contributed by atoms with Crippen molar-refractivity contribution in [1.82, 2.24) is 0 Å². The lowest BCUT2D eigenvalue weighted by molar-refractivity contribution is -0.171. The molecule has 0 bridgehead atoms. The highest BCUT2D eigenvalue weighted by atomic mass is 19.2. The molecular weight excluding hydrogens is 395 g/mol. The molecule has 2 aliphatic carbocycles. The number of hydrogen-bond donors (Lipinski definition) is 1. The minimum atomic E-state index is -3.94. The van der Waals surface area contributed by atoms with E-state index in [9.17, 15) is 31.9 Å². The van der Waals surface area contributed by atoms with Crippen LogP contribution >= 0.6 is 0 Å². The number of carbonyl (C=O) groups is 1. The number of ether oxygens (including phenoxy) is 1. The average molecular weight is 408 g/mol. The summed E-state index contributed by atoms with van der Waals surface area (Å²) in [5.41, 5.74) is 0.285. The van der Waals surface area contributed by atoms with E-state index in [0.29, 0.717) is 12.0 Å². The van der Waals surface area contributed by atoms with Gasteiger partial charge in [-0.1, -0.05) is 42.5 Å². The highest BCUT2D eigenvalue weighted by molar-refractivity contribution is 5.85. The third kappa shape index (κ3) is 2.78. The minimum Gasteiger partial charge on any atom is -0.458 e. The Bertz CT molecular complexity index is 1090. The van der Waals surface area contributed by atoms with Crippen molar-refractivity contribution < 1.29 is 36.6 Å². The van der Waals surface area contributed by atoms with Crippen molar-refractivity contribution in [2.75, 3.05) is 0 Å². The number of allylic oxidation sites excluding steroid dienone is 2. The van der Waals surface area contributed by atoms with Gasteiger partial charge in [0.05, 0.1) is 0 Å². The zero-order chi connectivity index (χ0) is 20.9. The van der Waals surface area contributed by atoms with Gasteiger partial charge in [-0.15, -0.1) is 0 Å². The fourth-order valence-electron chi connectivity index (χ4n) is 3.58. The van der Waals surface area contributed by atoms with Crippen LogP contribution in [0.1, 0.15) is 16.7 Å². The van der Waals surface area contributed by atoms with E-state index in [1.807, 2.05) is 30.3 Å². The number of carbonyl (C=O) groups excluding carboxylic acids is 1. The lowest BCUT2D eigenvalue weighted by Gasteiger charge is -2.29. The Balaban J connectivity index is 1.59. The molecule has 3 nitrogen and oxygen atoms in total. The maximum absolute atomic E-state index is 14.0. The molecule has 0 radical (unpaired) electrons. The molecule has 0 aromatic heterocycles. The minimum absolute atomic E-state index is 0.494. The van der Waals surface area contributed by atoms with E-state index in [1.54, 1.807) is 12.1 Å². The molecule has 2 aromatic carbocycles. The van der Waals surface area contributed by atoms with Crippen LogP contribution in [0.2, 0.25) is 0 Å². The van der Waals surface area contributed by atoms with Crippen molar-refractivity contribution in [3.63, 3.8) is 0 Å². The second kappa shape index (κ2) is 6.81. The molecule has 29 heavy (non-hydrogen) atoms. The van der Waals surface area contributed by atoms with Crippen molar-refractivity contribution in [3.05, 3.63) is 82.5 Å². The average Bonchev–Trinajstić information content (AvgIpc) is 3.12. The third-order valence-electron chi connectivity index (χ3n) is 5.14. The quantitative estimate of drug-likeness (QED) is 0.506. The Hall–Kier alpha value is -3.00. The van der Waals surface area contributed by atoms with Crippen LogP contribution in [0.25, 0.3) is 11.1 Å². The number of alkyl halides is 1. The van der Waals surface area contributed by atoms with E-state index < -0.39 is 47.7 Å². The van der Waals surface area contributed by atoms with Crippen LogP contribution in [0.15, 0.2) is 65.8 Å². The first-order valence-corrected chi connectivity index (χ1v) is 8.60. The fourth-order valence-corrected chi connectivity index (χ4v) is 3.58. The van der Waals surface area contributed by atoms with Crippen LogP contribution < -0.4 is 0 Å². The summed E-state index contributed by atoms with van der Waals surface area (Å²) in [5, 5.41) is 9.99. The molecule has 2 aliphatic rings. The van der Waals surface area contributed by atoms with Gasteiger partial charge in [0.1, 0.15) is 6.61 Å². The van der Waals surface area contributed by atoms with Crippen molar-refractivity contribution in [2.45, 2.75) is 24.8 Å². The molecule has 0 aliphatic heterocycles. The van der Waals surface area contributed by atoms with Crippen LogP contribution in [0.4, 0.5) is 22.0 Å². The fraction of sp³-hybridized carbons (Fsp3) is 0.190. The van der Waals surface area contributed by atoms with Crippen molar-refractivity contribution in [2.24, 2.45) is 0 Å². The Morgan fingerprint density at radius 1 is 1.03 bits per heavy atom. The van der Waals surface area contributed by atoms with Gasteiger partial charge in [0.25, 0.3) is 5.60 Å². The van der Waals surface area contributed by atoms with E-state index in [2.05, 4.69) is 0 Å². The summed E-state index contributed by atoms with van der Waals surface area (Å²) in [7, 11) is 0. The Kier molecular flexibility index (Phi) is 4.53. The Morgan fingerprint density at radius 3 is 2.48 bits per heavy atom. The standard InChI is InChI=1S/C21H13F5O3/c22-15-16(23)18(25)21(28,19(26)17(15)24)20(27)29-9-11-5-3-7-13-12-6-2-1-4-10(12)8-14(11)13/h1-7,18,28H,8-9H2.